The average molecular weight is 278 g/mol. The molecule has 0 heterocycles. The summed E-state index contributed by atoms with van der Waals surface area (Å²) >= 11 is 0. The molecular formula is C14H15FN2O3. The number of halogens is 1. The molecule has 0 fully saturated rings. The van der Waals surface area contributed by atoms with Gasteiger partial charge in [-0.2, -0.15) is 5.26 Å². The highest BCUT2D eigenvalue weighted by Crippen LogP contribution is 2.13. The number of hydrogen-bond acceptors (Lipinski definition) is 5. The fraction of sp³-hybridized carbons (Fsp3) is 0.286. The van der Waals surface area contributed by atoms with Crippen LogP contribution in [0, 0.1) is 17.1 Å². The summed E-state index contributed by atoms with van der Waals surface area (Å²) in [6, 6.07) is 5.10. The van der Waals surface area contributed by atoms with E-state index in [1.165, 1.54) is 18.2 Å². The van der Waals surface area contributed by atoms with Gasteiger partial charge in [-0.05, 0) is 17.7 Å². The maximum atomic E-state index is 13.5. The Kier molecular flexibility index (Phi) is 6.37. The Morgan fingerprint density at radius 3 is 3.00 bits per heavy atom. The zero-order valence-corrected chi connectivity index (χ0v) is 10.8. The number of nitrogens with zero attached hydrogens (tertiary/aromatic N) is 1. The van der Waals surface area contributed by atoms with Crippen molar-refractivity contribution < 1.29 is 18.7 Å². The maximum Gasteiger partial charge on any atom is 0.341 e. The molecule has 1 aromatic carbocycles. The molecule has 0 radical (unpaired) electrons. The van der Waals surface area contributed by atoms with Crippen LogP contribution in [0.2, 0.25) is 0 Å². The smallest absolute Gasteiger partial charge is 0.341 e. The molecule has 20 heavy (non-hydrogen) atoms. The first-order valence-electron chi connectivity index (χ1n) is 5.88. The van der Waals surface area contributed by atoms with Crippen molar-refractivity contribution in [3.8, 4) is 6.07 Å². The first kappa shape index (κ1) is 15.8. The van der Waals surface area contributed by atoms with Gasteiger partial charge in [0.2, 0.25) is 0 Å². The molecule has 5 nitrogen and oxygen atoms in total. The SMILES string of the molecule is C=CCOC(=O)c1cc(COCC(N)C#N)ccc1F. The highest BCUT2D eigenvalue weighted by Gasteiger charge is 2.13. The number of ether oxygens (including phenoxy) is 2. The fourth-order valence-electron chi connectivity index (χ4n) is 1.37. The van der Waals surface area contributed by atoms with Gasteiger partial charge in [-0.25, -0.2) is 9.18 Å². The van der Waals surface area contributed by atoms with Gasteiger partial charge in [0.25, 0.3) is 0 Å². The van der Waals surface area contributed by atoms with Gasteiger partial charge < -0.3 is 15.2 Å². The molecular weight excluding hydrogens is 263 g/mol. The number of carbonyl (C=O) groups excluding carboxylic acids is 1. The van der Waals surface area contributed by atoms with E-state index in [9.17, 15) is 9.18 Å². The number of nitriles is 1. The van der Waals surface area contributed by atoms with Gasteiger partial charge in [-0.3, -0.25) is 0 Å². The Hall–Kier alpha value is -2.23. The minimum Gasteiger partial charge on any atom is -0.458 e. The summed E-state index contributed by atoms with van der Waals surface area (Å²) in [5.74, 6) is -1.44. The van der Waals surface area contributed by atoms with Crippen molar-refractivity contribution >= 4 is 5.97 Å². The van der Waals surface area contributed by atoms with Gasteiger partial charge in [0, 0.05) is 0 Å². The minimum atomic E-state index is -0.766. The van der Waals surface area contributed by atoms with E-state index < -0.39 is 17.8 Å². The Labute approximate surface area is 116 Å². The molecule has 6 heteroatoms. The molecule has 2 N–H and O–H groups in total. The van der Waals surface area contributed by atoms with E-state index >= 15 is 0 Å². The summed E-state index contributed by atoms with van der Waals surface area (Å²) in [5, 5.41) is 8.49. The number of carbonyl (C=O) groups is 1. The van der Waals surface area contributed by atoms with Gasteiger partial charge in [-0.1, -0.05) is 18.7 Å². The highest BCUT2D eigenvalue weighted by atomic mass is 19.1. The summed E-state index contributed by atoms with van der Waals surface area (Å²) < 4.78 is 23.5. The summed E-state index contributed by atoms with van der Waals surface area (Å²) in [6.07, 6.45) is 1.39. The quantitative estimate of drug-likeness (QED) is 0.604. The highest BCUT2D eigenvalue weighted by molar-refractivity contribution is 5.90. The van der Waals surface area contributed by atoms with Crippen LogP contribution in [0.5, 0.6) is 0 Å². The molecule has 0 saturated heterocycles. The molecule has 1 atom stereocenters. The normalized spacial score (nSPS) is 11.4. The standard InChI is InChI=1S/C14H15FN2O3/c1-2-5-20-14(18)12-6-10(3-4-13(12)15)8-19-9-11(17)7-16/h2-4,6,11H,1,5,8-9,17H2. The Balaban J connectivity index is 2.68. The molecule has 0 aliphatic heterocycles. The minimum absolute atomic E-state index is 0.00994. The molecule has 106 valence electrons. The van der Waals surface area contributed by atoms with Crippen molar-refractivity contribution in [2.75, 3.05) is 13.2 Å². The molecule has 0 bridgehead atoms. The summed E-state index contributed by atoms with van der Waals surface area (Å²) in [4.78, 5) is 11.6. The maximum absolute atomic E-state index is 13.5. The van der Waals surface area contributed by atoms with Crippen molar-refractivity contribution in [2.45, 2.75) is 12.6 Å². The Morgan fingerprint density at radius 2 is 2.35 bits per heavy atom. The molecule has 0 amide bonds. The van der Waals surface area contributed by atoms with Crippen LogP contribution >= 0.6 is 0 Å². The lowest BCUT2D eigenvalue weighted by Gasteiger charge is -2.08. The van der Waals surface area contributed by atoms with Crippen LogP contribution in [-0.2, 0) is 16.1 Å². The zero-order valence-electron chi connectivity index (χ0n) is 10.8. The van der Waals surface area contributed by atoms with E-state index in [1.807, 2.05) is 6.07 Å². The number of benzene rings is 1. The number of esters is 1. The second kappa shape index (κ2) is 8.04. The van der Waals surface area contributed by atoms with E-state index in [-0.39, 0.29) is 25.4 Å². The number of rotatable bonds is 7. The van der Waals surface area contributed by atoms with Crippen molar-refractivity contribution in [1.82, 2.24) is 0 Å². The van der Waals surface area contributed by atoms with E-state index in [0.29, 0.717) is 5.56 Å². The summed E-state index contributed by atoms with van der Waals surface area (Å²) in [7, 11) is 0. The van der Waals surface area contributed by atoms with Crippen molar-refractivity contribution in [2.24, 2.45) is 5.73 Å². The summed E-state index contributed by atoms with van der Waals surface area (Å²) in [6.45, 7) is 3.59. The van der Waals surface area contributed by atoms with Gasteiger partial charge in [0.1, 0.15) is 18.5 Å². The fourth-order valence-corrected chi connectivity index (χ4v) is 1.37. The van der Waals surface area contributed by atoms with Gasteiger partial charge in [0.15, 0.2) is 0 Å². The first-order chi connectivity index (χ1) is 9.58. The average Bonchev–Trinajstić information content (AvgIpc) is 2.46. The lowest BCUT2D eigenvalue weighted by Crippen LogP contribution is -2.23. The molecule has 0 spiro atoms. The predicted octanol–water partition coefficient (Wildman–Crippen LogP) is 1.54. The monoisotopic (exact) mass is 278 g/mol. The van der Waals surface area contributed by atoms with Crippen molar-refractivity contribution in [3.05, 3.63) is 47.8 Å². The van der Waals surface area contributed by atoms with E-state index in [0.717, 1.165) is 6.07 Å². The van der Waals surface area contributed by atoms with E-state index in [2.05, 4.69) is 6.58 Å². The van der Waals surface area contributed by atoms with Crippen LogP contribution in [0.15, 0.2) is 30.9 Å². The third-order valence-electron chi connectivity index (χ3n) is 2.31. The number of hydrogen-bond donors (Lipinski definition) is 1. The van der Waals surface area contributed by atoms with Crippen LogP contribution in [0.25, 0.3) is 0 Å². The van der Waals surface area contributed by atoms with E-state index in [4.69, 9.17) is 20.5 Å². The van der Waals surface area contributed by atoms with Crippen LogP contribution in [0.3, 0.4) is 0 Å². The predicted molar refractivity (Wildman–Crippen MR) is 70.1 cm³/mol. The Morgan fingerprint density at radius 1 is 1.60 bits per heavy atom. The molecule has 0 aromatic heterocycles. The topological polar surface area (TPSA) is 85.3 Å². The molecule has 1 aromatic rings. The molecule has 0 aliphatic rings. The third kappa shape index (κ3) is 4.80. The number of nitrogens with two attached hydrogens (primary N) is 1. The van der Waals surface area contributed by atoms with Crippen LogP contribution in [0.1, 0.15) is 15.9 Å². The first-order valence-corrected chi connectivity index (χ1v) is 5.88. The zero-order chi connectivity index (χ0) is 15.0. The Bertz CT molecular complexity index is 526. The third-order valence-corrected chi connectivity index (χ3v) is 2.31. The second-order valence-electron chi connectivity index (χ2n) is 3.95. The van der Waals surface area contributed by atoms with Crippen molar-refractivity contribution in [3.63, 3.8) is 0 Å². The molecule has 1 unspecified atom stereocenters. The molecule has 1 rings (SSSR count). The van der Waals surface area contributed by atoms with Gasteiger partial charge in [0.05, 0.1) is 24.8 Å². The summed E-state index contributed by atoms with van der Waals surface area (Å²) in [5.41, 5.74) is 5.78. The molecule has 0 aliphatic carbocycles. The van der Waals surface area contributed by atoms with Crippen LogP contribution in [-0.4, -0.2) is 25.2 Å². The van der Waals surface area contributed by atoms with E-state index in [1.54, 1.807) is 0 Å². The van der Waals surface area contributed by atoms with Gasteiger partial charge in [-0.15, -0.1) is 0 Å². The lowest BCUT2D eigenvalue weighted by molar-refractivity contribution is 0.0544. The van der Waals surface area contributed by atoms with Crippen LogP contribution in [0.4, 0.5) is 4.39 Å². The largest absolute Gasteiger partial charge is 0.458 e. The second-order valence-corrected chi connectivity index (χ2v) is 3.95. The van der Waals surface area contributed by atoms with Gasteiger partial charge >= 0.3 is 5.97 Å². The van der Waals surface area contributed by atoms with Crippen LogP contribution < -0.4 is 5.73 Å². The lowest BCUT2D eigenvalue weighted by atomic mass is 10.1. The molecule has 0 saturated carbocycles. The van der Waals surface area contributed by atoms with Crippen molar-refractivity contribution in [1.29, 1.82) is 5.26 Å².